The van der Waals surface area contributed by atoms with Crippen LogP contribution in [0.2, 0.25) is 0 Å². The van der Waals surface area contributed by atoms with Gasteiger partial charge in [0, 0.05) is 12.7 Å². The summed E-state index contributed by atoms with van der Waals surface area (Å²) < 4.78 is 22.7. The molecule has 0 aliphatic rings. The van der Waals surface area contributed by atoms with Gasteiger partial charge in [0.1, 0.15) is 0 Å². The molecule has 0 saturated carbocycles. The minimum Gasteiger partial charge on any atom is -0.288 e. The van der Waals surface area contributed by atoms with Gasteiger partial charge in [0.05, 0.1) is 4.90 Å². The monoisotopic (exact) mass is 285 g/mol. The van der Waals surface area contributed by atoms with E-state index in [0.29, 0.717) is 17.7 Å². The van der Waals surface area contributed by atoms with Gasteiger partial charge >= 0.3 is 0 Å². The summed E-state index contributed by atoms with van der Waals surface area (Å²) in [5, 5.41) is 5.19. The molecule has 1 aromatic carbocycles. The molecule has 0 aliphatic heterocycles. The highest BCUT2D eigenvalue weighted by Crippen LogP contribution is 2.15. The first-order valence-electron chi connectivity index (χ1n) is 5.33. The smallest absolute Gasteiger partial charge is 0.238 e. The highest BCUT2D eigenvalue weighted by Gasteiger charge is 2.10. The lowest BCUT2D eigenvalue weighted by Gasteiger charge is -2.02. The number of carbonyl (C=O) groups excluding carboxylic acids is 1. The number of hydrogen-bond acceptors (Lipinski definition) is 4. The minimum atomic E-state index is -3.70. The Bertz CT molecular complexity index is 550. The van der Waals surface area contributed by atoms with E-state index in [2.05, 4.69) is 0 Å². The summed E-state index contributed by atoms with van der Waals surface area (Å²) in [5.74, 6) is 0.684. The van der Waals surface area contributed by atoms with E-state index in [4.69, 9.17) is 5.14 Å². The maximum atomic E-state index is 11.3. The molecule has 0 fully saturated rings. The first kappa shape index (κ1) is 14.9. The zero-order valence-electron chi connectivity index (χ0n) is 10.00. The fourth-order valence-corrected chi connectivity index (χ4v) is 2.63. The summed E-state index contributed by atoms with van der Waals surface area (Å²) >= 11 is 1.24. The molecule has 1 rings (SSSR count). The number of primary sulfonamides is 1. The number of sulfonamides is 1. The number of carbonyl (C=O) groups is 1. The van der Waals surface area contributed by atoms with Gasteiger partial charge in [-0.2, -0.15) is 0 Å². The predicted molar refractivity (Wildman–Crippen MR) is 74.6 cm³/mol. The number of rotatable bonds is 5. The van der Waals surface area contributed by atoms with Crippen molar-refractivity contribution in [3.8, 4) is 0 Å². The van der Waals surface area contributed by atoms with E-state index in [0.717, 1.165) is 0 Å². The van der Waals surface area contributed by atoms with Crippen LogP contribution in [0.5, 0.6) is 0 Å². The second-order valence-electron chi connectivity index (χ2n) is 3.61. The fraction of sp³-hybridized carbons (Fsp3) is 0.250. The molecule has 98 valence electrons. The first-order valence-corrected chi connectivity index (χ1v) is 7.86. The Balaban J connectivity index is 2.73. The van der Waals surface area contributed by atoms with Crippen LogP contribution in [0.3, 0.4) is 0 Å². The molecular formula is C12H15NO3S2. The number of benzene rings is 1. The van der Waals surface area contributed by atoms with Gasteiger partial charge in [-0.25, -0.2) is 13.6 Å². The maximum Gasteiger partial charge on any atom is 0.238 e. The largest absolute Gasteiger partial charge is 0.288 e. The SMILES string of the molecule is CC(=O)SCCC=Cc1ccccc1S(N)(=O)=O. The van der Waals surface area contributed by atoms with E-state index in [-0.39, 0.29) is 10.0 Å². The van der Waals surface area contributed by atoms with E-state index in [1.807, 2.05) is 6.08 Å². The second kappa shape index (κ2) is 6.72. The van der Waals surface area contributed by atoms with Crippen molar-refractivity contribution in [3.05, 3.63) is 35.9 Å². The van der Waals surface area contributed by atoms with E-state index >= 15 is 0 Å². The van der Waals surface area contributed by atoms with Gasteiger partial charge in [0.15, 0.2) is 5.12 Å². The van der Waals surface area contributed by atoms with Crippen LogP contribution in [0.25, 0.3) is 6.08 Å². The van der Waals surface area contributed by atoms with Gasteiger partial charge < -0.3 is 0 Å². The molecule has 1 aromatic rings. The Hall–Kier alpha value is -1.11. The average molecular weight is 285 g/mol. The normalized spacial score (nSPS) is 11.9. The molecule has 0 aliphatic carbocycles. The van der Waals surface area contributed by atoms with E-state index < -0.39 is 10.0 Å². The summed E-state index contributed by atoms with van der Waals surface area (Å²) in [6.07, 6.45) is 4.24. The van der Waals surface area contributed by atoms with Crippen molar-refractivity contribution in [3.63, 3.8) is 0 Å². The van der Waals surface area contributed by atoms with Crippen molar-refractivity contribution in [2.45, 2.75) is 18.2 Å². The summed E-state index contributed by atoms with van der Waals surface area (Å²) in [7, 11) is -3.70. The van der Waals surface area contributed by atoms with Crippen molar-refractivity contribution in [1.29, 1.82) is 0 Å². The zero-order valence-corrected chi connectivity index (χ0v) is 11.6. The second-order valence-corrected chi connectivity index (χ2v) is 6.42. The van der Waals surface area contributed by atoms with Crippen LogP contribution < -0.4 is 5.14 Å². The number of allylic oxidation sites excluding steroid dienone is 1. The van der Waals surface area contributed by atoms with Crippen LogP contribution in [0.1, 0.15) is 18.9 Å². The van der Waals surface area contributed by atoms with Crippen molar-refractivity contribution >= 4 is 33.0 Å². The quantitative estimate of drug-likeness (QED) is 0.840. The van der Waals surface area contributed by atoms with Crippen LogP contribution >= 0.6 is 11.8 Å². The van der Waals surface area contributed by atoms with Crippen LogP contribution in [0.4, 0.5) is 0 Å². The fourth-order valence-electron chi connectivity index (χ4n) is 1.36. The molecular weight excluding hydrogens is 270 g/mol. The van der Waals surface area contributed by atoms with E-state index in [9.17, 15) is 13.2 Å². The molecule has 0 bridgehead atoms. The molecule has 0 unspecified atom stereocenters. The highest BCUT2D eigenvalue weighted by molar-refractivity contribution is 8.13. The Kier molecular flexibility index (Phi) is 5.58. The van der Waals surface area contributed by atoms with E-state index in [1.165, 1.54) is 24.8 Å². The summed E-state index contributed by atoms with van der Waals surface area (Å²) in [4.78, 5) is 10.8. The van der Waals surface area contributed by atoms with Gasteiger partial charge in [-0.05, 0) is 18.1 Å². The summed E-state index contributed by atoms with van der Waals surface area (Å²) in [5.41, 5.74) is 0.563. The van der Waals surface area contributed by atoms with Crippen molar-refractivity contribution in [2.24, 2.45) is 5.14 Å². The Morgan fingerprint density at radius 2 is 2.06 bits per heavy atom. The summed E-state index contributed by atoms with van der Waals surface area (Å²) in [6.45, 7) is 1.52. The topological polar surface area (TPSA) is 77.2 Å². The van der Waals surface area contributed by atoms with Crippen LogP contribution in [0.15, 0.2) is 35.2 Å². The lowest BCUT2D eigenvalue weighted by atomic mass is 10.2. The molecule has 0 heterocycles. The third-order valence-electron chi connectivity index (χ3n) is 2.11. The predicted octanol–water partition coefficient (Wildman–Crippen LogP) is 2.02. The molecule has 0 radical (unpaired) electrons. The van der Waals surface area contributed by atoms with Crippen molar-refractivity contribution in [2.75, 3.05) is 5.75 Å². The molecule has 0 atom stereocenters. The van der Waals surface area contributed by atoms with Crippen LogP contribution in [-0.4, -0.2) is 19.3 Å². The van der Waals surface area contributed by atoms with Gasteiger partial charge in [-0.1, -0.05) is 42.1 Å². The summed E-state index contributed by atoms with van der Waals surface area (Å²) in [6, 6.07) is 6.54. The van der Waals surface area contributed by atoms with Gasteiger partial charge in [0.25, 0.3) is 0 Å². The molecule has 18 heavy (non-hydrogen) atoms. The van der Waals surface area contributed by atoms with Crippen LogP contribution in [-0.2, 0) is 14.8 Å². The van der Waals surface area contributed by atoms with Crippen molar-refractivity contribution in [1.82, 2.24) is 0 Å². The number of hydrogen-bond donors (Lipinski definition) is 1. The standard InChI is InChI=1S/C12H15NO3S2/c1-10(14)17-9-5-4-7-11-6-2-3-8-12(11)18(13,15)16/h2-4,6-8H,5,9H2,1H3,(H2,13,15,16). The van der Waals surface area contributed by atoms with Gasteiger partial charge in [0.2, 0.25) is 10.0 Å². The minimum absolute atomic E-state index is 0.0772. The van der Waals surface area contributed by atoms with Gasteiger partial charge in [-0.15, -0.1) is 0 Å². The Morgan fingerprint density at radius 3 is 2.67 bits per heavy atom. The number of thioether (sulfide) groups is 1. The van der Waals surface area contributed by atoms with Crippen molar-refractivity contribution < 1.29 is 13.2 Å². The third-order valence-corrected chi connectivity index (χ3v) is 3.94. The first-order chi connectivity index (χ1) is 8.41. The Morgan fingerprint density at radius 1 is 1.39 bits per heavy atom. The van der Waals surface area contributed by atoms with Gasteiger partial charge in [-0.3, -0.25) is 4.79 Å². The maximum absolute atomic E-state index is 11.3. The lowest BCUT2D eigenvalue weighted by Crippen LogP contribution is -2.13. The molecule has 0 saturated heterocycles. The number of nitrogens with two attached hydrogens (primary N) is 1. The molecule has 6 heteroatoms. The molecule has 0 amide bonds. The molecule has 0 aromatic heterocycles. The third kappa shape index (κ3) is 5.03. The average Bonchev–Trinajstić information content (AvgIpc) is 2.27. The van der Waals surface area contributed by atoms with E-state index in [1.54, 1.807) is 24.3 Å². The van der Waals surface area contributed by atoms with Crippen LogP contribution in [0, 0.1) is 0 Å². The lowest BCUT2D eigenvalue weighted by molar-refractivity contribution is -0.109. The molecule has 2 N–H and O–H groups in total. The highest BCUT2D eigenvalue weighted by atomic mass is 32.2. The molecule has 4 nitrogen and oxygen atoms in total. The Labute approximate surface area is 111 Å². The molecule has 0 spiro atoms. The zero-order chi connectivity index (χ0) is 13.6.